The highest BCUT2D eigenvalue weighted by Gasteiger charge is 2.54. The molecule has 2 amide bonds. The normalized spacial score (nSPS) is 17.2. The van der Waals surface area contributed by atoms with Crippen molar-refractivity contribution in [3.8, 4) is 0 Å². The van der Waals surface area contributed by atoms with Gasteiger partial charge in [-0.3, -0.25) is 14.5 Å². The Balaban J connectivity index is 0.885. The number of hydrogen-bond acceptors (Lipinski definition) is 12. The van der Waals surface area contributed by atoms with Crippen molar-refractivity contribution in [1.82, 2.24) is 20.2 Å². The first-order valence-corrected chi connectivity index (χ1v) is 22.9. The van der Waals surface area contributed by atoms with Crippen molar-refractivity contribution in [3.63, 3.8) is 0 Å². The Labute approximate surface area is 362 Å². The van der Waals surface area contributed by atoms with Gasteiger partial charge in [-0.15, -0.1) is 34.4 Å². The minimum Gasteiger partial charge on any atom is -0.477 e. The van der Waals surface area contributed by atoms with Crippen LogP contribution in [0.5, 0.6) is 0 Å². The molecule has 3 N–H and O–H groups in total. The summed E-state index contributed by atoms with van der Waals surface area (Å²) in [6, 6.07) is 35.1. The van der Waals surface area contributed by atoms with E-state index in [0.29, 0.717) is 20.1 Å². The van der Waals surface area contributed by atoms with Crippen LogP contribution in [-0.4, -0.2) is 67.7 Å². The molecule has 1 fully saturated rings. The zero-order chi connectivity index (χ0) is 40.2. The van der Waals surface area contributed by atoms with Crippen molar-refractivity contribution >= 4 is 108 Å². The number of nitrogens with zero attached hydrogens (tertiary/aromatic N) is 4. The summed E-state index contributed by atoms with van der Waals surface area (Å²) in [4.78, 5) is 54.4. The van der Waals surface area contributed by atoms with E-state index < -0.39 is 47.5 Å². The van der Waals surface area contributed by atoms with Crippen LogP contribution in [0.2, 0.25) is 0 Å². The third-order valence-corrected chi connectivity index (χ3v) is 14.8. The molecule has 0 saturated carbocycles. The molecular formula is C41H32FIN6O5S4. The number of carboxylic acids is 1. The maximum absolute atomic E-state index is 15.4. The van der Waals surface area contributed by atoms with Crippen LogP contribution in [-0.2, 0) is 29.2 Å². The van der Waals surface area contributed by atoms with Crippen molar-refractivity contribution < 1.29 is 28.7 Å². The molecule has 1 unspecified atom stereocenters. The zero-order valence-corrected chi connectivity index (χ0v) is 35.6. The number of rotatable bonds is 15. The summed E-state index contributed by atoms with van der Waals surface area (Å²) in [6.07, 6.45) is -0.833. The molecule has 0 radical (unpaired) electrons. The highest BCUT2D eigenvalue weighted by atomic mass is 127. The van der Waals surface area contributed by atoms with Gasteiger partial charge < -0.3 is 20.6 Å². The largest absolute Gasteiger partial charge is 0.477 e. The summed E-state index contributed by atoms with van der Waals surface area (Å²) >= 11 is 7.59. The molecule has 6 aromatic rings. The molecule has 2 aliphatic heterocycles. The smallest absolute Gasteiger partial charge is 0.353 e. The molecule has 3 atom stereocenters. The number of benzene rings is 4. The van der Waals surface area contributed by atoms with Crippen molar-refractivity contribution in [1.29, 1.82) is 0 Å². The number of carbonyl (C=O) groups is 3. The van der Waals surface area contributed by atoms with Gasteiger partial charge in [0, 0.05) is 20.5 Å². The molecule has 58 heavy (non-hydrogen) atoms. The predicted octanol–water partition coefficient (Wildman–Crippen LogP) is 8.59. The van der Waals surface area contributed by atoms with Gasteiger partial charge in [-0.1, -0.05) is 137 Å². The molecule has 2 aromatic heterocycles. The van der Waals surface area contributed by atoms with Crippen LogP contribution in [0.4, 0.5) is 9.52 Å². The molecular weight excluding hydrogens is 931 g/mol. The van der Waals surface area contributed by atoms with Crippen LogP contribution in [0.3, 0.4) is 0 Å². The maximum Gasteiger partial charge on any atom is 0.353 e. The number of β-lactam (4-membered cyclic amide) rings is 1. The SMILES string of the molecule is O=C(C=NOCC(F)c1csc(NC(c2ccccc2)(c2ccccc2)c2ccccc2)n1)N[C@@H]1C(=O)N2C(C(=O)O)=C(Sc3nc4cc(CI)ccc4s3)CS[C@@H]12. The Kier molecular flexibility index (Phi) is 12.1. The number of nitrogens with one attached hydrogen (secondary N) is 2. The summed E-state index contributed by atoms with van der Waals surface area (Å²) in [7, 11) is 0. The number of fused-ring (bicyclic) bond motifs is 2. The van der Waals surface area contributed by atoms with Gasteiger partial charge in [0.05, 0.1) is 15.9 Å². The molecule has 4 aromatic carbocycles. The molecule has 0 spiro atoms. The summed E-state index contributed by atoms with van der Waals surface area (Å²) in [5.41, 5.74) is 4.10. The number of carbonyl (C=O) groups excluding carboxylic acids is 2. The first-order valence-electron chi connectivity index (χ1n) is 17.8. The van der Waals surface area contributed by atoms with E-state index in [4.69, 9.17) is 4.84 Å². The minimum absolute atomic E-state index is 0.117. The van der Waals surface area contributed by atoms with Crippen molar-refractivity contribution in [2.45, 2.75) is 31.9 Å². The highest BCUT2D eigenvalue weighted by Crippen LogP contribution is 2.46. The van der Waals surface area contributed by atoms with E-state index in [1.165, 1.54) is 51.1 Å². The lowest BCUT2D eigenvalue weighted by Crippen LogP contribution is -2.70. The predicted molar refractivity (Wildman–Crippen MR) is 236 cm³/mol. The molecule has 0 aliphatic carbocycles. The van der Waals surface area contributed by atoms with Gasteiger partial charge in [-0.25, -0.2) is 19.2 Å². The molecule has 11 nitrogen and oxygen atoms in total. The van der Waals surface area contributed by atoms with Crippen LogP contribution in [0.25, 0.3) is 10.2 Å². The van der Waals surface area contributed by atoms with Gasteiger partial charge in [0.15, 0.2) is 22.2 Å². The number of thioether (sulfide) groups is 2. The molecule has 1 saturated heterocycles. The number of amides is 2. The van der Waals surface area contributed by atoms with Gasteiger partial charge in [-0.05, 0) is 34.4 Å². The van der Waals surface area contributed by atoms with E-state index in [0.717, 1.165) is 43.1 Å². The number of oxime groups is 1. The van der Waals surface area contributed by atoms with Crippen LogP contribution < -0.4 is 10.6 Å². The Morgan fingerprint density at radius 3 is 2.29 bits per heavy atom. The van der Waals surface area contributed by atoms with Crippen molar-refractivity contribution in [2.75, 3.05) is 17.7 Å². The first-order chi connectivity index (χ1) is 28.2. The fourth-order valence-corrected chi connectivity index (χ4v) is 11.7. The number of carboxylic acid groups (broad SMARTS) is 1. The summed E-state index contributed by atoms with van der Waals surface area (Å²) < 4.78 is 18.0. The van der Waals surface area contributed by atoms with E-state index in [-0.39, 0.29) is 11.4 Å². The lowest BCUT2D eigenvalue weighted by atomic mass is 9.77. The Hall–Kier alpha value is -4.82. The quantitative estimate of drug-likeness (QED) is 0.0229. The van der Waals surface area contributed by atoms with E-state index >= 15 is 4.39 Å². The van der Waals surface area contributed by atoms with E-state index in [2.05, 4.69) is 48.3 Å². The second-order valence-electron chi connectivity index (χ2n) is 13.0. The lowest BCUT2D eigenvalue weighted by Gasteiger charge is -2.49. The molecule has 2 aliphatic rings. The van der Waals surface area contributed by atoms with Crippen molar-refractivity contribution in [2.24, 2.45) is 5.16 Å². The summed E-state index contributed by atoms with van der Waals surface area (Å²) in [6.45, 7) is -0.510. The minimum atomic E-state index is -1.66. The second-order valence-corrected chi connectivity index (χ2v) is 18.1. The summed E-state index contributed by atoms with van der Waals surface area (Å²) in [5.74, 6) is -2.22. The number of alkyl halides is 2. The van der Waals surface area contributed by atoms with Crippen LogP contribution in [0.15, 0.2) is 135 Å². The number of anilines is 1. The van der Waals surface area contributed by atoms with E-state index in [1.54, 1.807) is 5.38 Å². The first kappa shape index (κ1) is 40.0. The fraction of sp³-hybridized carbons (Fsp3) is 0.171. The lowest BCUT2D eigenvalue weighted by molar-refractivity contribution is -0.150. The van der Waals surface area contributed by atoms with E-state index in [1.807, 2.05) is 109 Å². The number of halogens is 2. The zero-order valence-electron chi connectivity index (χ0n) is 30.2. The van der Waals surface area contributed by atoms with Gasteiger partial charge in [0.2, 0.25) is 0 Å². The maximum atomic E-state index is 15.4. The Morgan fingerprint density at radius 2 is 1.67 bits per heavy atom. The number of aliphatic carboxylic acids is 1. The van der Waals surface area contributed by atoms with Gasteiger partial charge in [0.25, 0.3) is 11.8 Å². The molecule has 0 bridgehead atoms. The molecule has 4 heterocycles. The van der Waals surface area contributed by atoms with E-state index in [9.17, 15) is 19.5 Å². The Bertz CT molecular complexity index is 2430. The standard InChI is InChI=1S/C41H32FIN6O5S4/c42-28(30-22-56-39(45-30)48-41(25-10-4-1-5-11-25,26-12-6-2-7-13-26)27-14-8-3-9-15-27)21-54-44-20-33(50)47-34-36(51)49-35(38(52)53)32(23-55-37(34)49)58-40-46-29-18-24(19-43)16-17-31(29)57-40/h1-18,20,22,28,34,37H,19,21,23H2,(H,45,48)(H,47,50)(H,52,53)/t28?,34-,37+/m1/s1. The van der Waals surface area contributed by atoms with Crippen LogP contribution in [0, 0.1) is 0 Å². The average Bonchev–Trinajstić information content (AvgIpc) is 3.90. The van der Waals surface area contributed by atoms with Crippen LogP contribution >= 0.6 is 68.8 Å². The van der Waals surface area contributed by atoms with Gasteiger partial charge in [0.1, 0.15) is 28.9 Å². The van der Waals surface area contributed by atoms with Crippen LogP contribution in [0.1, 0.15) is 34.1 Å². The highest BCUT2D eigenvalue weighted by molar-refractivity contribution is 14.1. The van der Waals surface area contributed by atoms with Crippen molar-refractivity contribution in [3.05, 3.63) is 153 Å². The number of hydrogen-bond donors (Lipinski definition) is 3. The van der Waals surface area contributed by atoms with Gasteiger partial charge in [-0.2, -0.15) is 0 Å². The number of aromatic nitrogens is 2. The topological polar surface area (TPSA) is 146 Å². The second kappa shape index (κ2) is 17.6. The fourth-order valence-electron chi connectivity index (χ4n) is 6.75. The summed E-state index contributed by atoms with van der Waals surface area (Å²) in [5, 5.41) is 21.4. The Morgan fingerprint density at radius 1 is 1.02 bits per heavy atom. The molecule has 294 valence electrons. The number of thiazole rings is 2. The third-order valence-electron chi connectivity index (χ3n) is 9.45. The molecule has 17 heteroatoms. The monoisotopic (exact) mass is 962 g/mol. The van der Waals surface area contributed by atoms with Gasteiger partial charge >= 0.3 is 5.97 Å². The third kappa shape index (κ3) is 8.09. The molecule has 8 rings (SSSR count). The average molecular weight is 963 g/mol.